The van der Waals surface area contributed by atoms with Gasteiger partial charge in [-0.1, -0.05) is 0 Å². The lowest BCUT2D eigenvalue weighted by atomic mass is 10.3. The Morgan fingerprint density at radius 1 is 1.40 bits per heavy atom. The smallest absolute Gasteiger partial charge is 0.407 e. The average molecular weight is 212 g/mol. The number of carbonyl (C=O) groups is 1. The van der Waals surface area contributed by atoms with Gasteiger partial charge in [0.1, 0.15) is 0 Å². The first-order chi connectivity index (χ1) is 7.16. The molecule has 1 aliphatic rings. The molecule has 8 nitrogen and oxygen atoms in total. The van der Waals surface area contributed by atoms with Crippen molar-refractivity contribution in [3.05, 3.63) is 0 Å². The van der Waals surface area contributed by atoms with Crippen LogP contribution < -0.4 is 10.6 Å². The molecular formula is C7H12N6O2. The largest absolute Gasteiger partial charge is 0.465 e. The summed E-state index contributed by atoms with van der Waals surface area (Å²) in [6.45, 7) is 2.10. The molecule has 0 aliphatic carbocycles. The number of nitrogens with two attached hydrogens (primary N) is 1. The minimum absolute atomic E-state index is 0.269. The first kappa shape index (κ1) is 9.56. The molecule has 2 rings (SSSR count). The molecule has 1 aromatic rings. The number of hydrogen-bond donors (Lipinski definition) is 3. The highest BCUT2D eigenvalue weighted by Gasteiger charge is 2.22. The molecule has 0 unspecified atom stereocenters. The molecule has 0 atom stereocenters. The van der Waals surface area contributed by atoms with Gasteiger partial charge in [-0.15, -0.1) is 5.10 Å². The van der Waals surface area contributed by atoms with Crippen molar-refractivity contribution in [2.24, 2.45) is 0 Å². The third-order valence-corrected chi connectivity index (χ3v) is 2.32. The Labute approximate surface area is 85.7 Å². The highest BCUT2D eigenvalue weighted by Crippen LogP contribution is 2.11. The van der Waals surface area contributed by atoms with Crippen LogP contribution in [0.4, 0.5) is 16.7 Å². The fraction of sp³-hybridized carbons (Fsp3) is 0.571. The minimum Gasteiger partial charge on any atom is -0.465 e. The van der Waals surface area contributed by atoms with Crippen molar-refractivity contribution in [1.29, 1.82) is 0 Å². The number of anilines is 2. The molecular weight excluding hydrogens is 200 g/mol. The minimum atomic E-state index is -0.885. The van der Waals surface area contributed by atoms with Crippen LogP contribution >= 0.6 is 0 Å². The van der Waals surface area contributed by atoms with Crippen LogP contribution in [0.1, 0.15) is 0 Å². The molecule has 1 amide bonds. The molecule has 4 N–H and O–H groups in total. The first-order valence-electron chi connectivity index (χ1n) is 4.57. The molecule has 0 aromatic carbocycles. The van der Waals surface area contributed by atoms with E-state index in [-0.39, 0.29) is 5.95 Å². The highest BCUT2D eigenvalue weighted by atomic mass is 16.4. The number of nitrogens with zero attached hydrogens (tertiary/aromatic N) is 4. The summed E-state index contributed by atoms with van der Waals surface area (Å²) in [4.78, 5) is 17.9. The van der Waals surface area contributed by atoms with E-state index < -0.39 is 6.09 Å². The van der Waals surface area contributed by atoms with Crippen molar-refractivity contribution in [2.75, 3.05) is 36.8 Å². The predicted molar refractivity (Wildman–Crippen MR) is 52.6 cm³/mol. The summed E-state index contributed by atoms with van der Waals surface area (Å²) in [5.74, 6) is 0.795. The molecule has 2 heterocycles. The van der Waals surface area contributed by atoms with Crippen LogP contribution in [0.15, 0.2) is 0 Å². The van der Waals surface area contributed by atoms with Crippen molar-refractivity contribution in [3.8, 4) is 0 Å². The zero-order chi connectivity index (χ0) is 10.8. The SMILES string of the molecule is Nc1nc(N2CCN(C(=O)O)CC2)n[nH]1. The standard InChI is InChI=1S/C7H12N6O2/c8-5-9-6(11-10-5)12-1-3-13(4-2-12)7(14)15/h1-4H2,(H,14,15)(H3,8,9,10,11). The van der Waals surface area contributed by atoms with Gasteiger partial charge in [0, 0.05) is 26.2 Å². The Balaban J connectivity index is 1.96. The lowest BCUT2D eigenvalue weighted by molar-refractivity contribution is 0.142. The Hall–Kier alpha value is -1.99. The Morgan fingerprint density at radius 3 is 2.53 bits per heavy atom. The van der Waals surface area contributed by atoms with Crippen LogP contribution in [0.5, 0.6) is 0 Å². The lowest BCUT2D eigenvalue weighted by Gasteiger charge is -2.32. The fourth-order valence-electron chi connectivity index (χ4n) is 1.50. The number of piperazine rings is 1. The van der Waals surface area contributed by atoms with Crippen molar-refractivity contribution in [1.82, 2.24) is 20.1 Å². The molecule has 15 heavy (non-hydrogen) atoms. The molecule has 1 fully saturated rings. The van der Waals surface area contributed by atoms with Gasteiger partial charge in [-0.2, -0.15) is 4.98 Å². The van der Waals surface area contributed by atoms with Crippen LogP contribution in [-0.2, 0) is 0 Å². The molecule has 82 valence electrons. The number of H-pyrrole nitrogens is 1. The van der Waals surface area contributed by atoms with Crippen LogP contribution in [0.25, 0.3) is 0 Å². The zero-order valence-electron chi connectivity index (χ0n) is 8.05. The summed E-state index contributed by atoms with van der Waals surface area (Å²) in [6, 6.07) is 0. The van der Waals surface area contributed by atoms with Crippen LogP contribution in [-0.4, -0.2) is 57.5 Å². The van der Waals surface area contributed by atoms with Crippen molar-refractivity contribution >= 4 is 18.0 Å². The number of aromatic nitrogens is 3. The van der Waals surface area contributed by atoms with Crippen molar-refractivity contribution in [2.45, 2.75) is 0 Å². The predicted octanol–water partition coefficient (Wildman–Crippen LogP) is -0.813. The van der Waals surface area contributed by atoms with Gasteiger partial charge in [-0.3, -0.25) is 0 Å². The lowest BCUT2D eigenvalue weighted by Crippen LogP contribution is -2.48. The van der Waals surface area contributed by atoms with E-state index in [4.69, 9.17) is 10.8 Å². The summed E-state index contributed by atoms with van der Waals surface area (Å²) >= 11 is 0. The fourth-order valence-corrected chi connectivity index (χ4v) is 1.50. The van der Waals surface area contributed by atoms with Gasteiger partial charge < -0.3 is 20.6 Å². The Kier molecular flexibility index (Phi) is 2.32. The van der Waals surface area contributed by atoms with Crippen molar-refractivity contribution < 1.29 is 9.90 Å². The summed E-state index contributed by atoms with van der Waals surface area (Å²) < 4.78 is 0. The molecule has 1 aliphatic heterocycles. The maximum absolute atomic E-state index is 10.7. The van der Waals surface area contributed by atoms with Gasteiger partial charge in [-0.25, -0.2) is 9.89 Å². The number of nitrogens with one attached hydrogen (secondary N) is 1. The molecule has 0 bridgehead atoms. The molecule has 0 saturated carbocycles. The highest BCUT2D eigenvalue weighted by molar-refractivity contribution is 5.65. The van der Waals surface area contributed by atoms with E-state index in [0.717, 1.165) is 0 Å². The van der Waals surface area contributed by atoms with Crippen LogP contribution in [0, 0.1) is 0 Å². The first-order valence-corrected chi connectivity index (χ1v) is 4.57. The van der Waals surface area contributed by atoms with E-state index in [1.807, 2.05) is 4.90 Å². The summed E-state index contributed by atoms with van der Waals surface area (Å²) in [6.07, 6.45) is -0.885. The number of aromatic amines is 1. The maximum Gasteiger partial charge on any atom is 0.407 e. The molecule has 1 aromatic heterocycles. The molecule has 0 radical (unpaired) electrons. The van der Waals surface area contributed by atoms with E-state index in [0.29, 0.717) is 32.1 Å². The van der Waals surface area contributed by atoms with Crippen molar-refractivity contribution in [3.63, 3.8) is 0 Å². The van der Waals surface area contributed by atoms with E-state index in [1.54, 1.807) is 0 Å². The van der Waals surface area contributed by atoms with Gasteiger partial charge in [0.2, 0.25) is 11.9 Å². The van der Waals surface area contributed by atoms with Gasteiger partial charge in [-0.05, 0) is 0 Å². The van der Waals surface area contributed by atoms with E-state index >= 15 is 0 Å². The van der Waals surface area contributed by atoms with Gasteiger partial charge in [0.25, 0.3) is 0 Å². The van der Waals surface area contributed by atoms with E-state index in [1.165, 1.54) is 4.90 Å². The second kappa shape index (κ2) is 3.64. The summed E-state index contributed by atoms with van der Waals surface area (Å²) in [7, 11) is 0. The number of rotatable bonds is 1. The second-order valence-corrected chi connectivity index (χ2v) is 3.28. The number of hydrogen-bond acceptors (Lipinski definition) is 5. The Bertz CT molecular complexity index is 356. The third kappa shape index (κ3) is 1.92. The van der Waals surface area contributed by atoms with Gasteiger partial charge in [0.15, 0.2) is 0 Å². The molecule has 1 saturated heterocycles. The maximum atomic E-state index is 10.7. The topological polar surface area (TPSA) is 111 Å². The normalized spacial score (nSPS) is 16.8. The molecule has 8 heteroatoms. The number of carboxylic acid groups (broad SMARTS) is 1. The van der Waals surface area contributed by atoms with Gasteiger partial charge in [0.05, 0.1) is 0 Å². The number of amides is 1. The molecule has 0 spiro atoms. The average Bonchev–Trinajstić information content (AvgIpc) is 2.65. The third-order valence-electron chi connectivity index (χ3n) is 2.32. The van der Waals surface area contributed by atoms with Gasteiger partial charge >= 0.3 is 6.09 Å². The van der Waals surface area contributed by atoms with Crippen LogP contribution in [0.2, 0.25) is 0 Å². The monoisotopic (exact) mass is 212 g/mol. The summed E-state index contributed by atoms with van der Waals surface area (Å²) in [5, 5.41) is 15.2. The second-order valence-electron chi connectivity index (χ2n) is 3.28. The Morgan fingerprint density at radius 2 is 2.07 bits per heavy atom. The van der Waals surface area contributed by atoms with E-state index in [2.05, 4.69) is 15.2 Å². The van der Waals surface area contributed by atoms with E-state index in [9.17, 15) is 4.79 Å². The van der Waals surface area contributed by atoms with Crippen LogP contribution in [0.3, 0.4) is 0 Å². The quantitative estimate of drug-likeness (QED) is 0.561. The zero-order valence-corrected chi connectivity index (χ0v) is 8.05. The number of nitrogen functional groups attached to an aromatic ring is 1. The summed E-state index contributed by atoms with van der Waals surface area (Å²) in [5.41, 5.74) is 5.40.